The summed E-state index contributed by atoms with van der Waals surface area (Å²) < 4.78 is 123. The van der Waals surface area contributed by atoms with E-state index in [1.54, 1.807) is 25.7 Å². The number of aromatic carboxylic acids is 1. The first-order valence-electron chi connectivity index (χ1n) is 25.3. The number of carboxylic acid groups (broad SMARTS) is 1. The van der Waals surface area contributed by atoms with Crippen molar-refractivity contribution in [1.29, 1.82) is 0 Å². The molecule has 4 aromatic rings. The average Bonchev–Trinajstić information content (AvgIpc) is 4.28. The standard InChI is InChI=1S/C26H31F2N3O6.C14H9BF5NO4.C12H22N2O2/c1-24(2,3)37-23(35)29-25(4)11-30(12-26(25)6-7-26)19-16(28)8-13-18(21(19)36-5)31(17-9-15(17)27)10-14(20(13)32)22(33)34;1-24-13-10(18)8(17)2-5-11(13)21(9-3-7(9)16)4-6(12(5)22)14(23)25-15(19)20;1-10(2,3)16-9(15)14-11(4)7-13-8-12(11)5-6-12/h8,10,15,17H,6-7,9,11-12H2,1-5H3,(H,29,35)(H,33,34);2,4,7,9H,3H2,1H3;13H,5-8H2,1-4H3,(H,14,15)/t15-,17+,25?;7-,9+;/m00./s1. The van der Waals surface area contributed by atoms with Crippen molar-refractivity contribution in [2.75, 3.05) is 45.3 Å². The van der Waals surface area contributed by atoms with Crippen molar-refractivity contribution in [3.8, 4) is 11.5 Å². The Morgan fingerprint density at radius 1 is 0.705 bits per heavy atom. The minimum absolute atomic E-state index is 0.0105. The second-order valence-electron chi connectivity index (χ2n) is 23.3. The van der Waals surface area contributed by atoms with Crippen LogP contribution >= 0.6 is 0 Å². The van der Waals surface area contributed by atoms with Gasteiger partial charge in [0, 0.05) is 62.2 Å². The normalized spacial score (nSPS) is 24.8. The number of methoxy groups -OCH3 is 2. The Labute approximate surface area is 443 Å². The number of nitrogens with zero attached hydrogens (tertiary/aromatic N) is 3. The van der Waals surface area contributed by atoms with Crippen LogP contribution < -0.4 is 41.2 Å². The largest absolute Gasteiger partial charge is 0.798 e. The van der Waals surface area contributed by atoms with Crippen molar-refractivity contribution in [2.24, 2.45) is 10.8 Å². The lowest BCUT2D eigenvalue weighted by Gasteiger charge is -2.33. The van der Waals surface area contributed by atoms with Gasteiger partial charge in [-0.2, -0.15) is 4.39 Å². The number of amides is 2. The third-order valence-corrected chi connectivity index (χ3v) is 15.4. The van der Waals surface area contributed by atoms with Crippen LogP contribution in [0.3, 0.4) is 0 Å². The van der Waals surface area contributed by atoms with Crippen molar-refractivity contribution in [1.82, 2.24) is 25.1 Å². The number of alkyl carbamates (subject to hydrolysis) is 2. The zero-order chi connectivity index (χ0) is 57.6. The Balaban J connectivity index is 0.000000168. The molecule has 2 spiro atoms. The van der Waals surface area contributed by atoms with Crippen LogP contribution in [0.1, 0.15) is 127 Å². The topological polar surface area (TPSA) is 218 Å². The summed E-state index contributed by atoms with van der Waals surface area (Å²) in [6, 6.07) is -0.0494. The fourth-order valence-corrected chi connectivity index (χ4v) is 10.8. The monoisotopic (exact) mass is 1110 g/mol. The fraction of sp³-hybridized carbons (Fsp3) is 0.577. The van der Waals surface area contributed by atoms with Gasteiger partial charge in [-0.25, -0.2) is 45.4 Å². The van der Waals surface area contributed by atoms with Gasteiger partial charge in [0.1, 0.15) is 40.4 Å². The van der Waals surface area contributed by atoms with Gasteiger partial charge in [-0.15, -0.1) is 0 Å². The molecule has 4 heterocycles. The number of aromatic nitrogens is 2. The van der Waals surface area contributed by atoms with Crippen molar-refractivity contribution in [3.63, 3.8) is 0 Å². The van der Waals surface area contributed by atoms with Crippen LogP contribution in [0.2, 0.25) is 0 Å². The maximum absolute atomic E-state index is 15.8. The molecule has 2 aromatic carbocycles. The van der Waals surface area contributed by atoms with E-state index in [0.29, 0.717) is 12.6 Å². The van der Waals surface area contributed by atoms with Crippen LogP contribution in [0.4, 0.5) is 45.9 Å². The first-order valence-corrected chi connectivity index (χ1v) is 25.3. The van der Waals surface area contributed by atoms with E-state index < -0.39 is 117 Å². The number of alkyl halides is 2. The van der Waals surface area contributed by atoms with E-state index in [1.165, 1.54) is 24.5 Å². The molecule has 2 unspecified atom stereocenters. The molecule has 2 amide bonds. The van der Waals surface area contributed by atoms with Crippen LogP contribution in [0.5, 0.6) is 11.5 Å². The molecule has 2 saturated heterocycles. The second kappa shape index (κ2) is 20.2. The highest BCUT2D eigenvalue weighted by atomic mass is 19.2. The third kappa shape index (κ3) is 11.0. The Kier molecular flexibility index (Phi) is 14.9. The van der Waals surface area contributed by atoms with E-state index in [-0.39, 0.29) is 69.7 Å². The number of ether oxygens (including phenoxy) is 4. The number of carbonyl (C=O) groups is 4. The van der Waals surface area contributed by atoms with Crippen LogP contribution in [-0.2, 0) is 14.1 Å². The molecule has 0 radical (unpaired) electrons. The van der Waals surface area contributed by atoms with Crippen molar-refractivity contribution in [2.45, 2.75) is 141 Å². The Morgan fingerprint density at radius 3 is 1.62 bits per heavy atom. The Morgan fingerprint density at radius 2 is 1.17 bits per heavy atom. The lowest BCUT2D eigenvalue weighted by atomic mass is 9.86. The second-order valence-corrected chi connectivity index (χ2v) is 23.3. The van der Waals surface area contributed by atoms with E-state index in [9.17, 15) is 60.1 Å². The van der Waals surface area contributed by atoms with Gasteiger partial charge in [-0.05, 0) is 93.2 Å². The Bertz CT molecular complexity index is 3230. The number of rotatable bonds is 10. The zero-order valence-electron chi connectivity index (χ0n) is 44.7. The highest BCUT2D eigenvalue weighted by Crippen LogP contribution is 2.60. The van der Waals surface area contributed by atoms with E-state index in [1.807, 2.05) is 27.7 Å². The quantitative estimate of drug-likeness (QED) is 0.0868. The zero-order valence-corrected chi connectivity index (χ0v) is 44.7. The summed E-state index contributed by atoms with van der Waals surface area (Å²) in [7, 11) is -1.13. The molecule has 0 bridgehead atoms. The molecule has 4 N–H and O–H groups in total. The van der Waals surface area contributed by atoms with Gasteiger partial charge in [-0.1, -0.05) is 0 Å². The smallest absolute Gasteiger partial charge is 0.492 e. The minimum Gasteiger partial charge on any atom is -0.492 e. The molecule has 6 fully saturated rings. The molecule has 4 aliphatic carbocycles. The first kappa shape index (κ1) is 57.5. The number of hydrogen-bond acceptors (Lipinski definition) is 13. The van der Waals surface area contributed by atoms with Gasteiger partial charge in [0.25, 0.3) is 0 Å². The molecule has 2 aromatic heterocycles. The molecular weight excluding hydrogens is 1040 g/mol. The van der Waals surface area contributed by atoms with Crippen molar-refractivity contribution >= 4 is 59.1 Å². The molecule has 4 saturated carbocycles. The van der Waals surface area contributed by atoms with E-state index in [2.05, 4.69) is 27.5 Å². The number of hydrogen-bond donors (Lipinski definition) is 4. The molecule has 10 rings (SSSR count). The van der Waals surface area contributed by atoms with Gasteiger partial charge >= 0.3 is 31.6 Å². The SMILES string of the molecule is CC(C)(C)OC(=O)NC1(C)CNCC12CC2.COc1c(F)c(F)cc2c(=O)c(C(=O)OB(F)F)cn([C@@H]3C[C@@H]3F)c12.COc1c(N2CC3(CC3)C(C)(NC(=O)OC(C)(C)C)C2)c(F)cc2c(=O)c(C(=O)O)cn([C@@H]3C[C@@H]3F)c12. The lowest BCUT2D eigenvalue weighted by molar-refractivity contribution is 0.0428. The highest BCUT2D eigenvalue weighted by molar-refractivity contribution is 6.38. The number of fused-ring (bicyclic) bond motifs is 2. The van der Waals surface area contributed by atoms with Gasteiger partial charge in [-0.3, -0.25) is 9.59 Å². The average molecular weight is 1110 g/mol. The molecular formula is C52H62BF7N6O12. The summed E-state index contributed by atoms with van der Waals surface area (Å²) in [6.07, 6.45) is 2.66. The minimum atomic E-state index is -3.48. The highest BCUT2D eigenvalue weighted by Gasteiger charge is 2.64. The number of nitrogens with one attached hydrogen (secondary N) is 3. The molecule has 18 nitrogen and oxygen atoms in total. The maximum atomic E-state index is 15.8. The number of pyridine rings is 2. The fourth-order valence-electron chi connectivity index (χ4n) is 10.8. The van der Waals surface area contributed by atoms with E-state index in [0.717, 1.165) is 56.1 Å². The molecule has 2 aliphatic heterocycles. The summed E-state index contributed by atoms with van der Waals surface area (Å²) >= 11 is 0. The van der Waals surface area contributed by atoms with E-state index in [4.69, 9.17) is 18.9 Å². The van der Waals surface area contributed by atoms with Crippen LogP contribution in [-0.4, -0.2) is 121 Å². The van der Waals surface area contributed by atoms with Gasteiger partial charge in [0.15, 0.2) is 23.1 Å². The molecule has 6 atom stereocenters. The molecule has 6 aliphatic rings. The van der Waals surface area contributed by atoms with E-state index >= 15 is 4.39 Å². The first-order chi connectivity index (χ1) is 36.2. The predicted molar refractivity (Wildman–Crippen MR) is 271 cm³/mol. The summed E-state index contributed by atoms with van der Waals surface area (Å²) in [4.78, 5) is 74.9. The van der Waals surface area contributed by atoms with Gasteiger partial charge in [0.05, 0.1) is 59.2 Å². The molecule has 26 heteroatoms. The van der Waals surface area contributed by atoms with Gasteiger partial charge in [0.2, 0.25) is 16.7 Å². The third-order valence-electron chi connectivity index (χ3n) is 15.4. The summed E-state index contributed by atoms with van der Waals surface area (Å²) in [5.74, 6) is -7.36. The molecule has 424 valence electrons. The van der Waals surface area contributed by atoms with Crippen LogP contribution in [0.25, 0.3) is 21.8 Å². The number of carboxylic acids is 1. The van der Waals surface area contributed by atoms with Gasteiger partial charge < -0.3 is 58.7 Å². The van der Waals surface area contributed by atoms with Crippen LogP contribution in [0.15, 0.2) is 34.1 Å². The summed E-state index contributed by atoms with van der Waals surface area (Å²) in [5.41, 5.74) is -5.47. The molecule has 78 heavy (non-hydrogen) atoms. The number of carbonyl (C=O) groups excluding carboxylic acids is 3. The summed E-state index contributed by atoms with van der Waals surface area (Å²) in [6.45, 7) is 17.5. The van der Waals surface area contributed by atoms with Crippen molar-refractivity contribution in [3.05, 3.63) is 73.6 Å². The van der Waals surface area contributed by atoms with Crippen LogP contribution in [0, 0.1) is 28.3 Å². The number of halogens is 7. The number of benzene rings is 2. The lowest BCUT2D eigenvalue weighted by Crippen LogP contribution is -2.54. The number of anilines is 1. The van der Waals surface area contributed by atoms with Crippen molar-refractivity contribution < 1.29 is 78.5 Å². The predicted octanol–water partition coefficient (Wildman–Crippen LogP) is 8.32. The maximum Gasteiger partial charge on any atom is 0.798 e. The Hall–Kier alpha value is -6.73. The summed E-state index contributed by atoms with van der Waals surface area (Å²) in [5, 5.41) is 18.2.